The van der Waals surface area contributed by atoms with E-state index in [-0.39, 0.29) is 76.8 Å². The number of aromatic nitrogens is 7. The predicted octanol–water partition coefficient (Wildman–Crippen LogP) is 16.9. The number of carbonyl (C=O) groups is 2. The number of aromatic amines is 1. The van der Waals surface area contributed by atoms with Gasteiger partial charge in [0, 0.05) is 71.2 Å². The fourth-order valence-corrected chi connectivity index (χ4v) is 12.8. The van der Waals surface area contributed by atoms with Crippen molar-refractivity contribution in [1.29, 1.82) is 0 Å². The number of pyridine rings is 1. The second kappa shape index (κ2) is 41.7. The number of nitrogens with zero attached hydrogens (tertiary/aromatic N) is 6. The highest BCUT2D eigenvalue weighted by molar-refractivity contribution is 9.11. The zero-order valence-corrected chi connectivity index (χ0v) is 70.8. The average Bonchev–Trinajstić information content (AvgIpc) is 1.60. The highest BCUT2D eigenvalue weighted by Crippen LogP contribution is 2.44. The van der Waals surface area contributed by atoms with Crippen molar-refractivity contribution >= 4 is 125 Å². The highest BCUT2D eigenvalue weighted by Gasteiger charge is 2.64. The van der Waals surface area contributed by atoms with E-state index < -0.39 is 42.0 Å². The van der Waals surface area contributed by atoms with Gasteiger partial charge in [-0.3, -0.25) is 28.2 Å². The van der Waals surface area contributed by atoms with Crippen molar-refractivity contribution in [3.63, 3.8) is 0 Å². The van der Waals surface area contributed by atoms with E-state index in [1.807, 2.05) is 83.3 Å². The third kappa shape index (κ3) is 28.5. The minimum absolute atomic E-state index is 0. The number of aliphatic hydroxyl groups is 1. The van der Waals surface area contributed by atoms with Crippen molar-refractivity contribution in [3.05, 3.63) is 96.4 Å². The van der Waals surface area contributed by atoms with Crippen LogP contribution in [0.4, 0.5) is 10.2 Å². The molecule has 7 heterocycles. The summed E-state index contributed by atoms with van der Waals surface area (Å²) in [6, 6.07) is 4.30. The van der Waals surface area contributed by atoms with Gasteiger partial charge in [0.2, 0.25) is 0 Å². The van der Waals surface area contributed by atoms with Gasteiger partial charge in [0.05, 0.1) is 91.8 Å². The Bertz CT molecular complexity index is 3530. The number of nitrogens with two attached hydrogens (primary N) is 1. The molecule has 23 nitrogen and oxygen atoms in total. The molecule has 0 amide bonds. The Morgan fingerprint density at radius 2 is 1.12 bits per heavy atom. The predicted molar refractivity (Wildman–Crippen MR) is 426 cm³/mol. The van der Waals surface area contributed by atoms with E-state index in [1.54, 1.807) is 31.6 Å². The van der Waals surface area contributed by atoms with Gasteiger partial charge in [0.1, 0.15) is 11.9 Å². The number of nitrogen functional groups attached to an aromatic ring is 1. The molecule has 6 saturated carbocycles. The lowest BCUT2D eigenvalue weighted by molar-refractivity contribution is -0.148. The summed E-state index contributed by atoms with van der Waals surface area (Å²) in [5, 5.41) is 31.8. The molecule has 3 saturated heterocycles. The van der Waals surface area contributed by atoms with Crippen molar-refractivity contribution < 1.29 is 74.2 Å². The third-order valence-electron chi connectivity index (χ3n) is 21.3. The van der Waals surface area contributed by atoms with Crippen LogP contribution in [0.2, 0.25) is 10.0 Å². The Morgan fingerprint density at radius 3 is 1.45 bits per heavy atom. The minimum Gasteiger partial charge on any atom is -0.482 e. The van der Waals surface area contributed by atoms with E-state index in [1.165, 1.54) is 89.9 Å². The lowest BCUT2D eigenvalue weighted by Gasteiger charge is -2.32. The van der Waals surface area contributed by atoms with E-state index >= 15 is 0 Å². The first-order valence-electron chi connectivity index (χ1n) is 36.4. The molecule has 594 valence electrons. The van der Waals surface area contributed by atoms with Crippen LogP contribution in [-0.4, -0.2) is 147 Å². The normalized spacial score (nSPS) is 20.9. The molecule has 0 spiro atoms. The first-order valence-corrected chi connectivity index (χ1v) is 41.4. The Balaban J connectivity index is 0.000000221. The van der Waals surface area contributed by atoms with E-state index in [9.17, 15) is 22.4 Å². The average molecular weight is 1740 g/mol. The molecular weight excluding hydrogens is 1620 g/mol. The van der Waals surface area contributed by atoms with Crippen molar-refractivity contribution in [3.8, 4) is 5.75 Å². The number of ether oxygens (including phenoxy) is 2. The largest absolute Gasteiger partial charge is 0.498 e. The highest BCUT2D eigenvalue weighted by atomic mass is 79.9. The van der Waals surface area contributed by atoms with Crippen LogP contribution in [0.3, 0.4) is 0 Å². The second-order valence-corrected chi connectivity index (χ2v) is 36.3. The summed E-state index contributed by atoms with van der Waals surface area (Å²) < 4.78 is 92.0. The first kappa shape index (κ1) is 92.9. The number of carbonyl (C=O) groups excluding carboxylic acids is 1. The molecule has 14 rings (SSSR count). The van der Waals surface area contributed by atoms with Crippen LogP contribution >= 0.6 is 71.0 Å². The van der Waals surface area contributed by atoms with Crippen LogP contribution in [0.25, 0.3) is 0 Å². The number of aliphatic carboxylic acids is 1. The molecular formula is C73H115B3Br3Cl2FN8O15S. The molecule has 1 aromatic carbocycles. The monoisotopic (exact) mass is 1730 g/mol. The standard InChI is InChI=1S/C14H23BN2O2.C13H10BrCl2FN2O.C12H24B2O4.C8H11BrN2.C6H12O3S.C6H10O2.C5H8O2.C5H10O.C3H3BrN2.CH4/c1-13(2)14(3,4)19-15(18-13)12-8-16-17(10-12)9-11-6-5-7-11;1-6(11-8(15)2-3-9(17)12(11)16)20-10-4-7(14)5-19-13(10)18;1-9(2)10(3,4)16-13(15-9)14-17-11(5,6)12(7,8)18-14;9-8-4-10-11(6-8)5-7-2-1-3-7;1-10(7,8)9-5-6-3-2-4-6;1-8-6(7)5-3-2-4-5;6-5(7)4-2-1-3-4;6-4-5-2-1-3-5;4-3-1-5-6-2-3;/h8,10-11H,5-7,9H2,1-4H3;2-6H,1H3,(H2,18,19);1-8H3;4,6-7H,1-3,5H2;6H,2-5H2,1H3;5H,2-4H2,1H3;4H,1-3H2,(H,6,7);5-6H,1-4H2;1-2H,(H,5,6);1H4. The second-order valence-electron chi connectivity index (χ2n) is 31.2. The number of hydrogen-bond acceptors (Lipinski definition) is 19. The van der Waals surface area contributed by atoms with Crippen LogP contribution in [0, 0.1) is 41.3 Å². The zero-order valence-electron chi connectivity index (χ0n) is 63.7. The van der Waals surface area contributed by atoms with E-state index in [0.717, 1.165) is 90.5 Å². The number of H-pyrrole nitrogens is 1. The van der Waals surface area contributed by atoms with Gasteiger partial charge in [-0.1, -0.05) is 69.2 Å². The van der Waals surface area contributed by atoms with Gasteiger partial charge < -0.3 is 53.3 Å². The van der Waals surface area contributed by atoms with E-state index in [4.69, 9.17) is 71.8 Å². The number of aliphatic hydroxyl groups excluding tert-OH is 1. The number of carboxylic acids is 1. The Kier molecular flexibility index (Phi) is 36.6. The molecule has 0 bridgehead atoms. The Morgan fingerprint density at radius 1 is 0.670 bits per heavy atom. The van der Waals surface area contributed by atoms with Gasteiger partial charge in [-0.15, -0.1) is 0 Å². The fraction of sp³-hybridized carbons (Fsp3) is 0.699. The molecule has 4 aromatic heterocycles. The summed E-state index contributed by atoms with van der Waals surface area (Å²) in [4.78, 5) is 24.5. The lowest BCUT2D eigenvalue weighted by Crippen LogP contribution is -2.41. The molecule has 5 N–H and O–H groups in total. The van der Waals surface area contributed by atoms with Crippen molar-refractivity contribution in [2.24, 2.45) is 35.5 Å². The van der Waals surface area contributed by atoms with Gasteiger partial charge in [-0.05, 0) is 257 Å². The molecule has 9 aliphatic rings. The molecule has 33 heteroatoms. The van der Waals surface area contributed by atoms with E-state index in [0.29, 0.717) is 45.9 Å². The Labute approximate surface area is 665 Å². The number of hydrogen-bond donors (Lipinski definition) is 4. The van der Waals surface area contributed by atoms with Crippen LogP contribution < -0.4 is 15.9 Å². The summed E-state index contributed by atoms with van der Waals surface area (Å²) in [5.74, 6) is 2.49. The topological polar surface area (TPSA) is 295 Å². The SMILES string of the molecule is Brc1cn[nH]c1.Brc1cnn(CC2CCC2)c1.C.CC(Oc1cc(Br)cnc1N)c1c(Cl)ccc(F)c1Cl.CC1(C)OB(B2OC(C)(C)C(C)(C)O2)OC1(C)C.CC1(C)OB(c2cnn(CC3CCC3)c2)OC1(C)C.COC(=O)C1CCC1.CS(=O)(=O)OCC1CCC1.O=C(O)C1CCC1.OCC1CCC1. The molecule has 1 unspecified atom stereocenters. The number of carboxylic acid groups (broad SMARTS) is 1. The van der Waals surface area contributed by atoms with Gasteiger partial charge in [0.15, 0.2) is 11.6 Å². The molecule has 5 aromatic rings. The number of rotatable bonds is 15. The minimum atomic E-state index is -3.20. The molecule has 6 aliphatic carbocycles. The number of esters is 1. The maximum atomic E-state index is 13.5. The zero-order chi connectivity index (χ0) is 77.9. The van der Waals surface area contributed by atoms with Gasteiger partial charge in [-0.25, -0.2) is 9.37 Å². The van der Waals surface area contributed by atoms with Gasteiger partial charge in [0.25, 0.3) is 10.1 Å². The Hall–Kier alpha value is -3.69. The number of benzene rings is 1. The molecule has 1 atom stereocenters. The van der Waals surface area contributed by atoms with Crippen LogP contribution in [0.15, 0.2) is 75.0 Å². The number of halogens is 6. The van der Waals surface area contributed by atoms with Crippen LogP contribution in [0.5, 0.6) is 5.75 Å². The van der Waals surface area contributed by atoms with Crippen molar-refractivity contribution in [2.45, 2.75) is 266 Å². The summed E-state index contributed by atoms with van der Waals surface area (Å²) in [7, 11) is -2.99. The smallest absolute Gasteiger partial charge is 0.482 e. The summed E-state index contributed by atoms with van der Waals surface area (Å²) in [6.07, 6.45) is 35.1. The lowest BCUT2D eigenvalue weighted by atomic mass is 9.49. The third-order valence-corrected chi connectivity index (χ3v) is 23.9. The molecule has 106 heavy (non-hydrogen) atoms. The molecule has 0 radical (unpaired) electrons. The number of nitrogens with one attached hydrogen (secondary N) is 1. The van der Waals surface area contributed by atoms with Crippen LogP contribution in [-0.2, 0) is 69.6 Å². The van der Waals surface area contributed by atoms with Crippen LogP contribution in [0.1, 0.15) is 225 Å². The van der Waals surface area contributed by atoms with Gasteiger partial charge in [-0.2, -0.15) is 23.7 Å². The summed E-state index contributed by atoms with van der Waals surface area (Å²) in [5.41, 5.74) is 5.11. The van der Waals surface area contributed by atoms with E-state index in [2.05, 4.69) is 116 Å². The summed E-state index contributed by atoms with van der Waals surface area (Å²) >= 11 is 21.8. The number of anilines is 1. The quantitative estimate of drug-likeness (QED) is 0.0328. The maximum Gasteiger partial charge on any atom is 0.498 e. The maximum absolute atomic E-state index is 13.5. The van der Waals surface area contributed by atoms with Crippen molar-refractivity contribution in [2.75, 3.05) is 32.3 Å². The summed E-state index contributed by atoms with van der Waals surface area (Å²) in [6.45, 7) is 29.1. The first-order chi connectivity index (χ1) is 49.0. The van der Waals surface area contributed by atoms with Gasteiger partial charge >= 0.3 is 33.1 Å². The van der Waals surface area contributed by atoms with Crippen molar-refractivity contribution in [1.82, 2.24) is 34.7 Å². The molecule has 3 aliphatic heterocycles. The number of methoxy groups -OCH3 is 1. The fourth-order valence-electron chi connectivity index (χ4n) is 10.8. The molecule has 9 fully saturated rings.